The molecule has 2 fully saturated rings. The Labute approximate surface area is 162 Å². The number of carbonyl (C=O) groups excluding carboxylic acids is 1. The van der Waals surface area contributed by atoms with Gasteiger partial charge >= 0.3 is 5.51 Å². The second-order valence-electron chi connectivity index (χ2n) is 8.48. The lowest BCUT2D eigenvalue weighted by Gasteiger charge is -2.48. The number of fused-ring (bicyclic) bond motifs is 5. The number of carbonyl (C=O) groups is 1. The zero-order chi connectivity index (χ0) is 20.5. The molecule has 28 heavy (non-hydrogen) atoms. The first kappa shape index (κ1) is 19.7. The van der Waals surface area contributed by atoms with Crippen molar-refractivity contribution in [2.75, 3.05) is 7.11 Å². The second-order valence-corrected chi connectivity index (χ2v) is 10.4. The average molecular weight is 416 g/mol. The molecule has 3 aliphatic carbocycles. The first-order valence-corrected chi connectivity index (χ1v) is 11.0. The molecule has 0 aliphatic heterocycles. The molecule has 0 heterocycles. The molecule has 4 atom stereocenters. The van der Waals surface area contributed by atoms with Crippen LogP contribution in [0.5, 0.6) is 5.75 Å². The van der Waals surface area contributed by atoms with E-state index in [4.69, 9.17) is 4.74 Å². The van der Waals surface area contributed by atoms with Gasteiger partial charge in [-0.3, -0.25) is 4.79 Å². The molecule has 0 N–H and O–H groups in total. The number of sulfone groups is 1. The summed E-state index contributed by atoms with van der Waals surface area (Å²) in [4.78, 5) is 11.6. The summed E-state index contributed by atoms with van der Waals surface area (Å²) in [6, 6.07) is 2.64. The number of halogens is 3. The molecule has 0 radical (unpaired) electrons. The zero-order valence-corrected chi connectivity index (χ0v) is 16.6. The lowest BCUT2D eigenvalue weighted by Crippen LogP contribution is -2.42. The summed E-state index contributed by atoms with van der Waals surface area (Å²) in [6.07, 6.45) is 4.30. The highest BCUT2D eigenvalue weighted by Gasteiger charge is 2.55. The average Bonchev–Trinajstić information content (AvgIpc) is 2.94. The summed E-state index contributed by atoms with van der Waals surface area (Å²) in [6.45, 7) is 2.05. The number of rotatable bonds is 2. The van der Waals surface area contributed by atoms with Gasteiger partial charge in [0, 0.05) is 11.8 Å². The van der Waals surface area contributed by atoms with Crippen molar-refractivity contribution >= 4 is 15.6 Å². The number of Topliss-reactive ketones (excluding diaryl/α,β-unsaturated/α-hetero) is 1. The van der Waals surface area contributed by atoms with Crippen LogP contribution in [-0.2, 0) is 21.1 Å². The van der Waals surface area contributed by atoms with Crippen LogP contribution in [0.25, 0.3) is 0 Å². The van der Waals surface area contributed by atoms with Gasteiger partial charge in [-0.2, -0.15) is 13.2 Å². The number of aryl methyl sites for hydroxylation is 1. The van der Waals surface area contributed by atoms with Gasteiger partial charge in [0.2, 0.25) is 0 Å². The monoisotopic (exact) mass is 416 g/mol. The molecular weight excluding hydrogens is 393 g/mol. The van der Waals surface area contributed by atoms with Crippen molar-refractivity contribution in [1.29, 1.82) is 0 Å². The molecule has 0 bridgehead atoms. The van der Waals surface area contributed by atoms with Gasteiger partial charge in [0.1, 0.15) is 16.4 Å². The summed E-state index contributed by atoms with van der Waals surface area (Å²) in [5.41, 5.74) is -4.13. The zero-order valence-electron chi connectivity index (χ0n) is 15.8. The maximum absolute atomic E-state index is 13.1. The molecular formula is C20H23F3O4S. The number of ether oxygens (including phenoxy) is 1. The van der Waals surface area contributed by atoms with Gasteiger partial charge in [-0.05, 0) is 73.1 Å². The SMILES string of the molecule is COc1cc2c(cc1S(=O)(=O)C(F)(F)F)CC[C@@H]1[C@@H]2CC[C@]2(C)C(=O)CC[C@@H]12. The molecule has 0 unspecified atom stereocenters. The van der Waals surface area contributed by atoms with Crippen molar-refractivity contribution in [3.05, 3.63) is 23.3 Å². The number of benzene rings is 1. The number of hydrogen-bond donors (Lipinski definition) is 0. The molecule has 1 aromatic carbocycles. The predicted molar refractivity (Wildman–Crippen MR) is 95.9 cm³/mol. The molecule has 2 saturated carbocycles. The van der Waals surface area contributed by atoms with Crippen LogP contribution in [-0.4, -0.2) is 26.8 Å². The highest BCUT2D eigenvalue weighted by atomic mass is 32.2. The Kier molecular flexibility index (Phi) is 4.38. The molecule has 154 valence electrons. The lowest BCUT2D eigenvalue weighted by molar-refractivity contribution is -0.129. The standard InChI is InChI=1S/C20H23F3O4S/c1-19-8-7-12-13(15(19)5-6-18(19)24)4-3-11-9-17(16(27-2)10-14(11)12)28(25,26)20(21,22)23/h9-10,12-13,15H,3-8H2,1-2H3/t12-,13+,15-,19-/m0/s1. The summed E-state index contributed by atoms with van der Waals surface area (Å²) < 4.78 is 68.3. The highest BCUT2D eigenvalue weighted by Crippen LogP contribution is 2.60. The molecule has 0 saturated heterocycles. The fraction of sp³-hybridized carbons (Fsp3) is 0.650. The van der Waals surface area contributed by atoms with E-state index < -0.39 is 20.2 Å². The van der Waals surface area contributed by atoms with E-state index in [9.17, 15) is 26.4 Å². The Morgan fingerprint density at radius 1 is 1.14 bits per heavy atom. The molecule has 4 nitrogen and oxygen atoms in total. The molecule has 8 heteroatoms. The van der Waals surface area contributed by atoms with E-state index in [1.807, 2.05) is 0 Å². The number of hydrogen-bond acceptors (Lipinski definition) is 4. The van der Waals surface area contributed by atoms with E-state index in [2.05, 4.69) is 6.92 Å². The van der Waals surface area contributed by atoms with E-state index in [-0.39, 0.29) is 23.0 Å². The van der Waals surface area contributed by atoms with E-state index in [0.29, 0.717) is 30.1 Å². The summed E-state index contributed by atoms with van der Waals surface area (Å²) in [5, 5.41) is 0. The Morgan fingerprint density at radius 2 is 1.86 bits per heavy atom. The van der Waals surface area contributed by atoms with Crippen LogP contribution in [0, 0.1) is 17.3 Å². The topological polar surface area (TPSA) is 60.4 Å². The van der Waals surface area contributed by atoms with E-state index in [0.717, 1.165) is 37.3 Å². The van der Waals surface area contributed by atoms with E-state index in [1.54, 1.807) is 0 Å². The van der Waals surface area contributed by atoms with Crippen LogP contribution in [0.2, 0.25) is 0 Å². The fourth-order valence-corrected chi connectivity index (χ4v) is 6.80. The van der Waals surface area contributed by atoms with Crippen molar-refractivity contribution in [2.24, 2.45) is 17.3 Å². The molecule has 0 spiro atoms. The number of alkyl halides is 3. The molecule has 4 rings (SSSR count). The van der Waals surface area contributed by atoms with Gasteiger partial charge in [0.15, 0.2) is 0 Å². The quantitative estimate of drug-likeness (QED) is 0.716. The normalized spacial score (nSPS) is 32.5. The minimum absolute atomic E-state index is 0.129. The molecule has 0 amide bonds. The van der Waals surface area contributed by atoms with Gasteiger partial charge in [0.05, 0.1) is 7.11 Å². The van der Waals surface area contributed by atoms with E-state index >= 15 is 0 Å². The largest absolute Gasteiger partial charge is 0.502 e. The summed E-state index contributed by atoms with van der Waals surface area (Å²) in [5.74, 6) is 0.784. The molecule has 1 aromatic rings. The fourth-order valence-electron chi connectivity index (χ4n) is 5.84. The maximum Gasteiger partial charge on any atom is 0.502 e. The summed E-state index contributed by atoms with van der Waals surface area (Å²) >= 11 is 0. The third-order valence-electron chi connectivity index (χ3n) is 7.31. The Balaban J connectivity index is 1.78. The molecule has 0 aromatic heterocycles. The first-order chi connectivity index (χ1) is 13.0. The van der Waals surface area contributed by atoms with Crippen LogP contribution in [0.3, 0.4) is 0 Å². The van der Waals surface area contributed by atoms with Crippen LogP contribution < -0.4 is 4.74 Å². The van der Waals surface area contributed by atoms with Crippen LogP contribution in [0.15, 0.2) is 17.0 Å². The number of ketones is 1. The highest BCUT2D eigenvalue weighted by molar-refractivity contribution is 7.92. The minimum atomic E-state index is -5.48. The third kappa shape index (κ3) is 2.63. The minimum Gasteiger partial charge on any atom is -0.495 e. The van der Waals surface area contributed by atoms with Gasteiger partial charge in [-0.15, -0.1) is 0 Å². The molecule has 3 aliphatic rings. The lowest BCUT2D eigenvalue weighted by atomic mass is 9.55. The Hall–Kier alpha value is -1.57. The van der Waals surface area contributed by atoms with Crippen molar-refractivity contribution in [3.63, 3.8) is 0 Å². The van der Waals surface area contributed by atoms with Crippen molar-refractivity contribution in [1.82, 2.24) is 0 Å². The van der Waals surface area contributed by atoms with Crippen LogP contribution >= 0.6 is 0 Å². The maximum atomic E-state index is 13.1. The van der Waals surface area contributed by atoms with Crippen molar-refractivity contribution < 1.29 is 31.1 Å². The summed E-state index contributed by atoms with van der Waals surface area (Å²) in [7, 11) is -4.30. The second kappa shape index (κ2) is 6.21. The Morgan fingerprint density at radius 3 is 2.50 bits per heavy atom. The van der Waals surface area contributed by atoms with Crippen molar-refractivity contribution in [2.45, 2.75) is 61.8 Å². The predicted octanol–water partition coefficient (Wildman–Crippen LogP) is 4.41. The van der Waals surface area contributed by atoms with E-state index in [1.165, 1.54) is 13.2 Å². The van der Waals surface area contributed by atoms with Crippen molar-refractivity contribution in [3.8, 4) is 5.75 Å². The van der Waals surface area contributed by atoms with Crippen LogP contribution in [0.4, 0.5) is 13.2 Å². The first-order valence-electron chi connectivity index (χ1n) is 9.56. The Bertz CT molecular complexity index is 938. The van der Waals surface area contributed by atoms with Gasteiger partial charge < -0.3 is 4.74 Å². The number of methoxy groups -OCH3 is 1. The third-order valence-corrected chi connectivity index (χ3v) is 8.82. The van der Waals surface area contributed by atoms with Gasteiger partial charge in [0.25, 0.3) is 9.84 Å². The van der Waals surface area contributed by atoms with Gasteiger partial charge in [-0.1, -0.05) is 6.92 Å². The van der Waals surface area contributed by atoms with Gasteiger partial charge in [-0.25, -0.2) is 8.42 Å². The smallest absolute Gasteiger partial charge is 0.495 e. The van der Waals surface area contributed by atoms with Crippen LogP contribution in [0.1, 0.15) is 56.1 Å².